The number of hydrogen-bond acceptors (Lipinski definition) is 6. The molecule has 0 aliphatic carbocycles. The first-order valence-corrected chi connectivity index (χ1v) is 9.70. The van der Waals surface area contributed by atoms with Crippen LogP contribution in [0.2, 0.25) is 5.02 Å². The minimum atomic E-state index is -1.13. The van der Waals surface area contributed by atoms with E-state index in [-0.39, 0.29) is 33.5 Å². The van der Waals surface area contributed by atoms with Gasteiger partial charge in [-0.2, -0.15) is 0 Å². The summed E-state index contributed by atoms with van der Waals surface area (Å²) >= 11 is 6.71. The normalized spacial score (nSPS) is 15.0. The molecule has 1 saturated heterocycles. The number of aliphatic carboxylic acids is 1. The Morgan fingerprint density at radius 1 is 1.27 bits per heavy atom. The molecule has 2 aromatic rings. The second-order valence-corrected chi connectivity index (χ2v) is 7.46. The molecule has 0 saturated carbocycles. The Hall–Kier alpha value is -3.04. The molecular formula is C20H15ClFNO6S. The molecule has 2 aromatic carbocycles. The summed E-state index contributed by atoms with van der Waals surface area (Å²) in [6, 6.07) is 8.74. The van der Waals surface area contributed by atoms with E-state index in [0.29, 0.717) is 5.56 Å². The second kappa shape index (κ2) is 9.19. The molecule has 1 heterocycles. The van der Waals surface area contributed by atoms with Crippen molar-refractivity contribution in [2.75, 3.05) is 13.7 Å². The van der Waals surface area contributed by atoms with Gasteiger partial charge in [0.15, 0.2) is 18.1 Å². The first-order chi connectivity index (χ1) is 14.3. The zero-order chi connectivity index (χ0) is 21.8. The van der Waals surface area contributed by atoms with Gasteiger partial charge in [0.25, 0.3) is 11.1 Å². The third kappa shape index (κ3) is 4.74. The topological polar surface area (TPSA) is 93.1 Å². The van der Waals surface area contributed by atoms with Crippen LogP contribution in [-0.2, 0) is 16.1 Å². The Labute approximate surface area is 180 Å². The average Bonchev–Trinajstić information content (AvgIpc) is 2.96. The number of halogens is 2. The number of nitrogens with zero attached hydrogens (tertiary/aromatic N) is 1. The lowest BCUT2D eigenvalue weighted by Gasteiger charge is -2.14. The number of benzene rings is 2. The number of carboxylic acids is 1. The summed E-state index contributed by atoms with van der Waals surface area (Å²) in [7, 11) is 1.39. The number of ether oxygens (including phenoxy) is 2. The highest BCUT2D eigenvalue weighted by Crippen LogP contribution is 2.36. The summed E-state index contributed by atoms with van der Waals surface area (Å²) in [6.07, 6.45) is 1.48. The number of rotatable bonds is 7. The SMILES string of the molecule is COc1cc(/C=C2\SC(=O)N(Cc3c(F)cccc3Cl)C2=O)ccc1OCC(=O)O. The van der Waals surface area contributed by atoms with Gasteiger partial charge in [-0.1, -0.05) is 23.7 Å². The van der Waals surface area contributed by atoms with Crippen LogP contribution in [-0.4, -0.2) is 40.8 Å². The largest absolute Gasteiger partial charge is 0.493 e. The number of thioether (sulfide) groups is 1. The maximum absolute atomic E-state index is 14.0. The fourth-order valence-electron chi connectivity index (χ4n) is 2.66. The fourth-order valence-corrected chi connectivity index (χ4v) is 3.72. The van der Waals surface area contributed by atoms with Crippen molar-refractivity contribution in [3.8, 4) is 11.5 Å². The predicted octanol–water partition coefficient (Wildman–Crippen LogP) is 4.19. The molecule has 0 atom stereocenters. The first-order valence-electron chi connectivity index (χ1n) is 8.51. The van der Waals surface area contributed by atoms with Gasteiger partial charge in [0.2, 0.25) is 0 Å². The van der Waals surface area contributed by atoms with Crippen molar-refractivity contribution in [2.24, 2.45) is 0 Å². The molecule has 10 heteroatoms. The molecule has 1 N–H and O–H groups in total. The van der Waals surface area contributed by atoms with E-state index < -0.39 is 29.5 Å². The lowest BCUT2D eigenvalue weighted by molar-refractivity contribution is -0.139. The lowest BCUT2D eigenvalue weighted by atomic mass is 10.1. The van der Waals surface area contributed by atoms with E-state index in [1.165, 1.54) is 37.5 Å². The van der Waals surface area contributed by atoms with Crippen LogP contribution in [0.3, 0.4) is 0 Å². The molecule has 1 aliphatic heterocycles. The molecule has 2 amide bonds. The van der Waals surface area contributed by atoms with Crippen LogP contribution in [0.4, 0.5) is 9.18 Å². The number of carboxylic acid groups (broad SMARTS) is 1. The lowest BCUT2D eigenvalue weighted by Crippen LogP contribution is -2.28. The van der Waals surface area contributed by atoms with Crippen molar-refractivity contribution >= 4 is 46.6 Å². The van der Waals surface area contributed by atoms with E-state index in [1.807, 2.05) is 0 Å². The Morgan fingerprint density at radius 3 is 2.70 bits per heavy atom. The molecule has 0 unspecified atom stereocenters. The summed E-state index contributed by atoms with van der Waals surface area (Å²) in [5.74, 6) is -1.83. The first kappa shape index (κ1) is 21.7. The predicted molar refractivity (Wildman–Crippen MR) is 109 cm³/mol. The monoisotopic (exact) mass is 451 g/mol. The molecule has 0 radical (unpaired) electrons. The van der Waals surface area contributed by atoms with Gasteiger partial charge in [-0.25, -0.2) is 9.18 Å². The Morgan fingerprint density at radius 2 is 2.03 bits per heavy atom. The van der Waals surface area contributed by atoms with Crippen LogP contribution in [0.25, 0.3) is 6.08 Å². The summed E-state index contributed by atoms with van der Waals surface area (Å²) in [5, 5.41) is 8.30. The number of hydrogen-bond donors (Lipinski definition) is 1. The van der Waals surface area contributed by atoms with Gasteiger partial charge < -0.3 is 14.6 Å². The Balaban J connectivity index is 1.82. The molecule has 0 spiro atoms. The van der Waals surface area contributed by atoms with Gasteiger partial charge in [0.1, 0.15) is 5.82 Å². The minimum absolute atomic E-state index is 0.0596. The van der Waals surface area contributed by atoms with Gasteiger partial charge in [-0.15, -0.1) is 0 Å². The molecule has 7 nitrogen and oxygen atoms in total. The number of amides is 2. The Kier molecular flexibility index (Phi) is 6.63. The van der Waals surface area contributed by atoms with Crippen molar-refractivity contribution in [3.05, 3.63) is 63.3 Å². The summed E-state index contributed by atoms with van der Waals surface area (Å²) in [5.41, 5.74) is 0.591. The van der Waals surface area contributed by atoms with Crippen molar-refractivity contribution in [3.63, 3.8) is 0 Å². The van der Waals surface area contributed by atoms with Crippen LogP contribution < -0.4 is 9.47 Å². The van der Waals surface area contributed by atoms with Crippen molar-refractivity contribution in [1.29, 1.82) is 0 Å². The molecule has 1 fully saturated rings. The minimum Gasteiger partial charge on any atom is -0.493 e. The number of methoxy groups -OCH3 is 1. The van der Waals surface area contributed by atoms with E-state index in [1.54, 1.807) is 12.1 Å². The van der Waals surface area contributed by atoms with Gasteiger partial charge in [0, 0.05) is 10.6 Å². The van der Waals surface area contributed by atoms with E-state index in [0.717, 1.165) is 16.7 Å². The summed E-state index contributed by atoms with van der Waals surface area (Å²) < 4.78 is 24.3. The van der Waals surface area contributed by atoms with E-state index in [4.69, 9.17) is 26.2 Å². The van der Waals surface area contributed by atoms with E-state index in [2.05, 4.69) is 0 Å². The van der Waals surface area contributed by atoms with Gasteiger partial charge in [-0.3, -0.25) is 14.5 Å². The van der Waals surface area contributed by atoms with Crippen LogP contribution in [0, 0.1) is 5.82 Å². The third-order valence-electron chi connectivity index (χ3n) is 4.09. The molecule has 3 rings (SSSR count). The highest BCUT2D eigenvalue weighted by Gasteiger charge is 2.36. The molecule has 156 valence electrons. The number of carbonyl (C=O) groups is 3. The van der Waals surface area contributed by atoms with Crippen LogP contribution in [0.1, 0.15) is 11.1 Å². The molecule has 30 heavy (non-hydrogen) atoms. The van der Waals surface area contributed by atoms with Crippen LogP contribution in [0.5, 0.6) is 11.5 Å². The Bertz CT molecular complexity index is 1040. The summed E-state index contributed by atoms with van der Waals surface area (Å²) in [4.78, 5) is 36.7. The van der Waals surface area contributed by atoms with Gasteiger partial charge in [-0.05, 0) is 47.7 Å². The molecule has 0 bridgehead atoms. The van der Waals surface area contributed by atoms with E-state index >= 15 is 0 Å². The van der Waals surface area contributed by atoms with Crippen LogP contribution >= 0.6 is 23.4 Å². The molecule has 0 aromatic heterocycles. The maximum atomic E-state index is 14.0. The summed E-state index contributed by atoms with van der Waals surface area (Å²) in [6.45, 7) is -0.813. The van der Waals surface area contributed by atoms with E-state index in [9.17, 15) is 18.8 Å². The number of carbonyl (C=O) groups excluding carboxylic acids is 2. The molecule has 1 aliphatic rings. The third-order valence-corrected chi connectivity index (χ3v) is 5.35. The highest BCUT2D eigenvalue weighted by atomic mass is 35.5. The fraction of sp³-hybridized carbons (Fsp3) is 0.150. The average molecular weight is 452 g/mol. The second-order valence-electron chi connectivity index (χ2n) is 6.06. The van der Waals surface area contributed by atoms with Crippen molar-refractivity contribution < 1.29 is 33.4 Å². The van der Waals surface area contributed by atoms with Crippen molar-refractivity contribution in [2.45, 2.75) is 6.54 Å². The zero-order valence-electron chi connectivity index (χ0n) is 15.6. The zero-order valence-corrected chi connectivity index (χ0v) is 17.1. The highest BCUT2D eigenvalue weighted by molar-refractivity contribution is 8.18. The van der Waals surface area contributed by atoms with Gasteiger partial charge >= 0.3 is 5.97 Å². The maximum Gasteiger partial charge on any atom is 0.341 e. The smallest absolute Gasteiger partial charge is 0.341 e. The van der Waals surface area contributed by atoms with Crippen molar-refractivity contribution in [1.82, 2.24) is 4.90 Å². The number of imide groups is 1. The van der Waals surface area contributed by atoms with Crippen LogP contribution in [0.15, 0.2) is 41.3 Å². The standard InChI is InChI=1S/C20H15ClFNO6S/c1-28-16-7-11(5-6-15(16)29-10-18(24)25)8-17-19(26)23(20(27)30-17)9-12-13(21)3-2-4-14(12)22/h2-8H,9-10H2,1H3,(H,24,25)/b17-8-. The molecular weight excluding hydrogens is 437 g/mol. The van der Waals surface area contributed by atoms with Gasteiger partial charge in [0.05, 0.1) is 18.6 Å². The quantitative estimate of drug-likeness (QED) is 0.631.